The average molecular weight is 143 g/mol. The van der Waals surface area contributed by atoms with Crippen LogP contribution in [0.2, 0.25) is 0 Å². The van der Waals surface area contributed by atoms with Gasteiger partial charge < -0.3 is 15.9 Å². The quantitative estimate of drug-likeness (QED) is 0.469. The minimum absolute atomic E-state index is 0.0868. The second-order valence-corrected chi connectivity index (χ2v) is 1.97. The van der Waals surface area contributed by atoms with Crippen LogP contribution < -0.4 is 11.2 Å². The zero-order valence-electron chi connectivity index (χ0n) is 5.46. The number of hydrogen-bond donors (Lipinski definition) is 2. The summed E-state index contributed by atoms with van der Waals surface area (Å²) in [4.78, 5) is 10.1. The molecule has 0 aliphatic carbocycles. The fraction of sp³-hybridized carbons (Fsp3) is 0.600. The molecule has 0 saturated carbocycles. The number of nitrogens with zero attached hydrogens (tertiary/aromatic N) is 1. The maximum atomic E-state index is 10.1. The number of rotatable bonds is 3. The largest absolute Gasteiger partial charge is 0.369 e. The lowest BCUT2D eigenvalue weighted by Gasteiger charge is -2.15. The zero-order valence-corrected chi connectivity index (χ0v) is 5.46. The molecule has 1 amide bonds. The van der Waals surface area contributed by atoms with Gasteiger partial charge in [0.05, 0.1) is 18.9 Å². The molecule has 0 aromatic rings. The van der Waals surface area contributed by atoms with Gasteiger partial charge in [-0.05, 0) is 0 Å². The van der Waals surface area contributed by atoms with Crippen molar-refractivity contribution >= 4 is 11.6 Å². The number of nitrogens with two attached hydrogens (primary N) is 1. The molecule has 3 N–H and O–H groups in total. The molecule has 56 valence electrons. The van der Waals surface area contributed by atoms with Gasteiger partial charge in [-0.15, -0.1) is 0 Å². The number of carbonyl (C=O) groups is 1. The lowest BCUT2D eigenvalue weighted by molar-refractivity contribution is -0.117. The highest BCUT2D eigenvalue weighted by molar-refractivity contribution is 5.90. The summed E-state index contributed by atoms with van der Waals surface area (Å²) in [5.74, 6) is -0.412. The monoisotopic (exact) mass is 143 g/mol. The molecule has 1 aliphatic heterocycles. The SMILES string of the molecule is NC(=O)CNN=C1COC1. The maximum Gasteiger partial charge on any atom is 0.238 e. The highest BCUT2D eigenvalue weighted by Gasteiger charge is 2.09. The van der Waals surface area contributed by atoms with Gasteiger partial charge in [0.15, 0.2) is 0 Å². The Hall–Kier alpha value is -1.10. The van der Waals surface area contributed by atoms with E-state index in [1.165, 1.54) is 0 Å². The van der Waals surface area contributed by atoms with Crippen molar-refractivity contribution in [3.63, 3.8) is 0 Å². The van der Waals surface area contributed by atoms with E-state index in [1.807, 2.05) is 0 Å². The first kappa shape index (κ1) is 7.01. The van der Waals surface area contributed by atoms with Crippen molar-refractivity contribution in [2.24, 2.45) is 10.8 Å². The summed E-state index contributed by atoms with van der Waals surface area (Å²) >= 11 is 0. The third-order valence-electron chi connectivity index (χ3n) is 1.03. The first-order valence-electron chi connectivity index (χ1n) is 2.93. The second-order valence-electron chi connectivity index (χ2n) is 1.97. The van der Waals surface area contributed by atoms with E-state index in [-0.39, 0.29) is 6.54 Å². The Morgan fingerprint density at radius 2 is 2.50 bits per heavy atom. The van der Waals surface area contributed by atoms with E-state index in [2.05, 4.69) is 10.5 Å². The summed E-state index contributed by atoms with van der Waals surface area (Å²) in [6.45, 7) is 1.21. The Morgan fingerprint density at radius 3 is 2.90 bits per heavy atom. The third kappa shape index (κ3) is 2.02. The molecule has 1 saturated heterocycles. The van der Waals surface area contributed by atoms with Crippen LogP contribution in [0.15, 0.2) is 5.10 Å². The van der Waals surface area contributed by atoms with Crippen LogP contribution in [0, 0.1) is 0 Å². The average Bonchev–Trinajstić information content (AvgIpc) is 1.75. The highest BCUT2D eigenvalue weighted by atomic mass is 16.5. The van der Waals surface area contributed by atoms with E-state index < -0.39 is 5.91 Å². The first-order chi connectivity index (χ1) is 4.79. The molecule has 0 bridgehead atoms. The van der Waals surface area contributed by atoms with Crippen molar-refractivity contribution < 1.29 is 9.53 Å². The summed E-state index contributed by atoms with van der Waals surface area (Å²) in [5, 5.41) is 3.81. The Balaban J connectivity index is 2.09. The molecule has 0 aromatic heterocycles. The van der Waals surface area contributed by atoms with Gasteiger partial charge in [0.25, 0.3) is 0 Å². The number of hydrazone groups is 1. The minimum atomic E-state index is -0.412. The Labute approximate surface area is 58.2 Å². The summed E-state index contributed by atoms with van der Waals surface area (Å²) in [6.07, 6.45) is 0. The van der Waals surface area contributed by atoms with Crippen molar-refractivity contribution in [3.8, 4) is 0 Å². The van der Waals surface area contributed by atoms with Gasteiger partial charge >= 0.3 is 0 Å². The molecule has 0 radical (unpaired) electrons. The highest BCUT2D eigenvalue weighted by Crippen LogP contribution is 1.92. The summed E-state index contributed by atoms with van der Waals surface area (Å²) in [7, 11) is 0. The van der Waals surface area contributed by atoms with Gasteiger partial charge in [-0.2, -0.15) is 5.10 Å². The predicted molar refractivity (Wildman–Crippen MR) is 35.5 cm³/mol. The zero-order chi connectivity index (χ0) is 7.40. The van der Waals surface area contributed by atoms with E-state index in [0.717, 1.165) is 5.71 Å². The molecular formula is C5H9N3O2. The normalized spacial score (nSPS) is 15.8. The van der Waals surface area contributed by atoms with Crippen LogP contribution in [0.25, 0.3) is 0 Å². The molecule has 0 aromatic carbocycles. The number of nitrogens with one attached hydrogen (secondary N) is 1. The topological polar surface area (TPSA) is 76.7 Å². The molecule has 0 spiro atoms. The standard InChI is InChI=1S/C5H9N3O2/c6-5(9)1-7-8-4-2-10-3-4/h7H,1-3H2,(H2,6,9). The molecule has 0 unspecified atom stereocenters. The smallest absolute Gasteiger partial charge is 0.238 e. The molecule has 1 fully saturated rings. The molecule has 0 atom stereocenters. The summed E-state index contributed by atoms with van der Waals surface area (Å²) in [5.41, 5.74) is 8.27. The summed E-state index contributed by atoms with van der Waals surface area (Å²) in [6, 6.07) is 0. The molecule has 5 nitrogen and oxygen atoms in total. The number of primary amides is 1. The number of hydrogen-bond acceptors (Lipinski definition) is 4. The first-order valence-corrected chi connectivity index (χ1v) is 2.93. The lowest BCUT2D eigenvalue weighted by Crippen LogP contribution is -2.32. The van der Waals surface area contributed by atoms with Crippen LogP contribution in [-0.4, -0.2) is 31.4 Å². The predicted octanol–water partition coefficient (Wildman–Crippen LogP) is -1.55. The molecule has 10 heavy (non-hydrogen) atoms. The van der Waals surface area contributed by atoms with Crippen molar-refractivity contribution in [2.45, 2.75) is 0 Å². The molecule has 1 heterocycles. The number of carbonyl (C=O) groups excluding carboxylic acids is 1. The Morgan fingerprint density at radius 1 is 1.80 bits per heavy atom. The lowest BCUT2D eigenvalue weighted by atomic mass is 10.3. The van der Waals surface area contributed by atoms with Gasteiger partial charge in [-0.3, -0.25) is 4.79 Å². The van der Waals surface area contributed by atoms with Gasteiger partial charge in [0.2, 0.25) is 5.91 Å². The van der Waals surface area contributed by atoms with Crippen LogP contribution in [0.5, 0.6) is 0 Å². The Bertz CT molecular complexity index is 160. The molecule has 1 rings (SSSR count). The van der Waals surface area contributed by atoms with Crippen LogP contribution in [0.3, 0.4) is 0 Å². The van der Waals surface area contributed by atoms with Gasteiger partial charge in [-0.25, -0.2) is 0 Å². The van der Waals surface area contributed by atoms with Crippen LogP contribution in [0.4, 0.5) is 0 Å². The van der Waals surface area contributed by atoms with Crippen LogP contribution >= 0.6 is 0 Å². The Kier molecular flexibility index (Phi) is 2.22. The molecular weight excluding hydrogens is 134 g/mol. The van der Waals surface area contributed by atoms with E-state index >= 15 is 0 Å². The summed E-state index contributed by atoms with van der Waals surface area (Å²) < 4.78 is 4.81. The van der Waals surface area contributed by atoms with Gasteiger partial charge in [-0.1, -0.05) is 0 Å². The fourth-order valence-corrected chi connectivity index (χ4v) is 0.487. The van der Waals surface area contributed by atoms with E-state index in [0.29, 0.717) is 13.2 Å². The molecule has 1 aliphatic rings. The van der Waals surface area contributed by atoms with E-state index in [4.69, 9.17) is 10.5 Å². The van der Waals surface area contributed by atoms with Crippen molar-refractivity contribution in [2.75, 3.05) is 19.8 Å². The van der Waals surface area contributed by atoms with Crippen molar-refractivity contribution in [1.29, 1.82) is 0 Å². The number of ether oxygens (including phenoxy) is 1. The minimum Gasteiger partial charge on any atom is -0.369 e. The van der Waals surface area contributed by atoms with Crippen molar-refractivity contribution in [1.82, 2.24) is 5.43 Å². The van der Waals surface area contributed by atoms with Crippen molar-refractivity contribution in [3.05, 3.63) is 0 Å². The third-order valence-corrected chi connectivity index (χ3v) is 1.03. The van der Waals surface area contributed by atoms with E-state index in [1.54, 1.807) is 0 Å². The van der Waals surface area contributed by atoms with Crippen LogP contribution in [-0.2, 0) is 9.53 Å². The van der Waals surface area contributed by atoms with Crippen LogP contribution in [0.1, 0.15) is 0 Å². The molecule has 5 heteroatoms. The number of amides is 1. The van der Waals surface area contributed by atoms with Gasteiger partial charge in [0.1, 0.15) is 6.54 Å². The fourth-order valence-electron chi connectivity index (χ4n) is 0.487. The second kappa shape index (κ2) is 3.17. The van der Waals surface area contributed by atoms with E-state index in [9.17, 15) is 4.79 Å². The van der Waals surface area contributed by atoms with Gasteiger partial charge in [0, 0.05) is 0 Å². The maximum absolute atomic E-state index is 10.1.